The van der Waals surface area contributed by atoms with Gasteiger partial charge in [0.1, 0.15) is 18.1 Å². The van der Waals surface area contributed by atoms with E-state index in [1.807, 2.05) is 12.1 Å². The summed E-state index contributed by atoms with van der Waals surface area (Å²) < 4.78 is 7.63. The summed E-state index contributed by atoms with van der Waals surface area (Å²) in [6, 6.07) is 18.2. The number of rotatable bonds is 6. The minimum absolute atomic E-state index is 0.0710. The molecule has 0 spiro atoms. The molecule has 0 bridgehead atoms. The lowest BCUT2D eigenvalue weighted by Crippen LogP contribution is -2.12. The molecule has 1 heterocycles. The van der Waals surface area contributed by atoms with E-state index < -0.39 is 0 Å². The van der Waals surface area contributed by atoms with Crippen molar-refractivity contribution in [1.29, 1.82) is 0 Å². The van der Waals surface area contributed by atoms with Crippen LogP contribution in [0.4, 0.5) is 5.69 Å². The Morgan fingerprint density at radius 1 is 0.848 bits per heavy atom. The van der Waals surface area contributed by atoms with Gasteiger partial charge in [0.2, 0.25) is 0 Å². The maximum atomic E-state index is 10.8. The van der Waals surface area contributed by atoms with Crippen LogP contribution < -0.4 is 9.04 Å². The topological polar surface area (TPSA) is 52.9 Å². The molecule has 33 heavy (non-hydrogen) atoms. The molecule has 4 rings (SSSR count). The monoisotopic (exact) mass is 459 g/mol. The molecule has 0 saturated heterocycles. The lowest BCUT2D eigenvalue weighted by atomic mass is 9.98. The smallest absolute Gasteiger partial charge is 0.127 e. The summed E-state index contributed by atoms with van der Waals surface area (Å²) >= 11 is 1.58. The Kier molecular flexibility index (Phi) is 6.82. The first-order valence-electron chi connectivity index (χ1n) is 11.0. The number of aliphatic hydroxyl groups is 1. The lowest BCUT2D eigenvalue weighted by molar-refractivity contribution is 0.201. The minimum Gasteiger partial charge on any atom is -0.507 e. The predicted molar refractivity (Wildman–Crippen MR) is 139 cm³/mol. The molecule has 5 heteroatoms. The average Bonchev–Trinajstić information content (AvgIpc) is 2.77. The fourth-order valence-electron chi connectivity index (χ4n) is 4.02. The first-order chi connectivity index (χ1) is 15.9. The van der Waals surface area contributed by atoms with Crippen molar-refractivity contribution in [1.82, 2.24) is 0 Å². The van der Waals surface area contributed by atoms with Crippen LogP contribution in [-0.2, 0) is 0 Å². The Balaban J connectivity index is 1.80. The second-order valence-electron chi connectivity index (χ2n) is 8.37. The molecule has 3 aromatic carbocycles. The van der Waals surface area contributed by atoms with Gasteiger partial charge in [0, 0.05) is 28.3 Å². The molecule has 4 nitrogen and oxygen atoms in total. The van der Waals surface area contributed by atoms with Gasteiger partial charge in [-0.1, -0.05) is 41.5 Å². The van der Waals surface area contributed by atoms with Crippen LogP contribution in [0.2, 0.25) is 0 Å². The zero-order valence-corrected chi connectivity index (χ0v) is 20.2. The molecule has 0 amide bonds. The Hall–Kier alpha value is -3.15. The summed E-state index contributed by atoms with van der Waals surface area (Å²) in [6.07, 6.45) is 4.30. The van der Waals surface area contributed by atoms with Crippen LogP contribution in [0, 0.1) is 27.7 Å². The van der Waals surface area contributed by atoms with Crippen molar-refractivity contribution in [2.75, 3.05) is 17.5 Å². The van der Waals surface area contributed by atoms with Crippen LogP contribution in [0.5, 0.6) is 11.5 Å². The predicted octanol–water partition coefficient (Wildman–Crippen LogP) is 6.55. The molecular weight excluding hydrogens is 430 g/mol. The maximum Gasteiger partial charge on any atom is 0.127 e. The van der Waals surface area contributed by atoms with Gasteiger partial charge in [-0.15, -0.1) is 0 Å². The first-order valence-corrected chi connectivity index (χ1v) is 11.8. The third kappa shape index (κ3) is 5.10. The molecule has 0 atom stereocenters. The van der Waals surface area contributed by atoms with Gasteiger partial charge < -0.3 is 14.9 Å². The van der Waals surface area contributed by atoms with Gasteiger partial charge in [0.15, 0.2) is 0 Å². The number of benzene rings is 3. The zero-order valence-electron chi connectivity index (χ0n) is 19.4. The normalized spacial score (nSPS) is 13.5. The second kappa shape index (κ2) is 9.77. The number of hydrogen-bond acceptors (Lipinski definition) is 5. The molecule has 0 radical (unpaired) electrons. The van der Waals surface area contributed by atoms with Crippen LogP contribution in [0.3, 0.4) is 0 Å². The third-order valence-electron chi connectivity index (χ3n) is 5.62. The van der Waals surface area contributed by atoms with Gasteiger partial charge in [0.25, 0.3) is 0 Å². The maximum absolute atomic E-state index is 10.8. The van der Waals surface area contributed by atoms with Gasteiger partial charge in [-0.25, -0.2) is 0 Å². The molecule has 1 aliphatic heterocycles. The lowest BCUT2D eigenvalue weighted by Gasteiger charge is -2.28. The summed E-state index contributed by atoms with van der Waals surface area (Å²) in [5.74, 6) is 0.676. The average molecular weight is 460 g/mol. The van der Waals surface area contributed by atoms with Crippen LogP contribution in [-0.4, -0.2) is 23.4 Å². The van der Waals surface area contributed by atoms with Crippen LogP contribution >= 0.6 is 11.9 Å². The van der Waals surface area contributed by atoms with Crippen LogP contribution in [0.1, 0.15) is 33.4 Å². The highest BCUT2D eigenvalue weighted by Crippen LogP contribution is 2.45. The van der Waals surface area contributed by atoms with Crippen LogP contribution in [0.25, 0.3) is 10.5 Å². The van der Waals surface area contributed by atoms with Gasteiger partial charge in [-0.3, -0.25) is 4.31 Å². The highest BCUT2D eigenvalue weighted by molar-refractivity contribution is 8.09. The Morgan fingerprint density at radius 3 is 2.21 bits per heavy atom. The van der Waals surface area contributed by atoms with Gasteiger partial charge in [-0.2, -0.15) is 0 Å². The number of aliphatic hydroxyl groups excluding tert-OH is 1. The molecule has 0 unspecified atom stereocenters. The second-order valence-corrected chi connectivity index (χ2v) is 9.39. The van der Waals surface area contributed by atoms with Gasteiger partial charge in [-0.05, 0) is 80.6 Å². The summed E-state index contributed by atoms with van der Waals surface area (Å²) in [4.78, 5) is 0.943. The van der Waals surface area contributed by atoms with Crippen molar-refractivity contribution in [2.24, 2.45) is 0 Å². The molecule has 2 N–H and O–H groups in total. The summed E-state index contributed by atoms with van der Waals surface area (Å²) in [5.41, 5.74) is 8.95. The Labute approximate surface area is 200 Å². The van der Waals surface area contributed by atoms with E-state index in [9.17, 15) is 5.11 Å². The number of nitrogens with zero attached hydrogens (tertiary/aromatic N) is 1. The van der Waals surface area contributed by atoms with Crippen molar-refractivity contribution in [3.8, 4) is 11.5 Å². The van der Waals surface area contributed by atoms with Crippen molar-refractivity contribution in [2.45, 2.75) is 27.7 Å². The van der Waals surface area contributed by atoms with Crippen molar-refractivity contribution in [3.63, 3.8) is 0 Å². The van der Waals surface area contributed by atoms with E-state index in [2.05, 4.69) is 80.7 Å². The summed E-state index contributed by atoms with van der Waals surface area (Å²) in [6.45, 7) is 8.57. The van der Waals surface area contributed by atoms with Gasteiger partial charge in [0.05, 0.1) is 12.3 Å². The SMILES string of the molecule is Cc1ccc(C2=CN(c3ccc(C)cc3C)SC(c3ccc(OCCO)cc3O)=C2)c(C)c1. The van der Waals surface area contributed by atoms with E-state index >= 15 is 0 Å². The van der Waals surface area contributed by atoms with Crippen molar-refractivity contribution >= 4 is 28.1 Å². The standard InChI is InChI=1S/C28H29NO3S/c1-18-5-8-24(20(3)13-18)22-15-28(25-9-7-23(16-27(25)31)32-12-11-30)33-29(17-22)26-10-6-19(2)14-21(26)4/h5-10,13-17,30-31H,11-12H2,1-4H3. The van der Waals surface area contributed by atoms with E-state index in [1.165, 1.54) is 22.3 Å². The summed E-state index contributed by atoms with van der Waals surface area (Å²) in [5, 5.41) is 19.8. The van der Waals surface area contributed by atoms with E-state index in [0.29, 0.717) is 5.75 Å². The number of aromatic hydroxyl groups is 1. The zero-order chi connectivity index (χ0) is 23.5. The minimum atomic E-state index is -0.0710. The fourth-order valence-corrected chi connectivity index (χ4v) is 5.15. The molecule has 0 aromatic heterocycles. The van der Waals surface area contributed by atoms with E-state index in [-0.39, 0.29) is 19.0 Å². The molecule has 0 fully saturated rings. The van der Waals surface area contributed by atoms with Crippen molar-refractivity contribution < 1.29 is 14.9 Å². The number of allylic oxidation sites excluding steroid dienone is 2. The fraction of sp³-hybridized carbons (Fsp3) is 0.214. The number of hydrogen-bond donors (Lipinski definition) is 2. The molecule has 0 saturated carbocycles. The third-order valence-corrected chi connectivity index (χ3v) is 6.65. The number of aryl methyl sites for hydroxylation is 4. The molecular formula is C28H29NO3S. The van der Waals surface area contributed by atoms with E-state index in [4.69, 9.17) is 9.84 Å². The summed E-state index contributed by atoms with van der Waals surface area (Å²) in [7, 11) is 0. The molecule has 3 aromatic rings. The van der Waals surface area contributed by atoms with Crippen molar-refractivity contribution in [3.05, 3.63) is 100 Å². The number of anilines is 1. The van der Waals surface area contributed by atoms with E-state index in [0.717, 1.165) is 27.3 Å². The molecule has 0 aliphatic carbocycles. The molecule has 1 aliphatic rings. The number of ether oxygens (including phenoxy) is 1. The first kappa shape index (κ1) is 23.0. The Bertz CT molecular complexity index is 1250. The molecule has 170 valence electrons. The Morgan fingerprint density at radius 2 is 1.55 bits per heavy atom. The number of phenols is 1. The highest BCUT2D eigenvalue weighted by atomic mass is 32.2. The largest absolute Gasteiger partial charge is 0.507 e. The quantitative estimate of drug-likeness (QED) is 0.410. The van der Waals surface area contributed by atoms with E-state index in [1.54, 1.807) is 18.0 Å². The van der Waals surface area contributed by atoms with Gasteiger partial charge >= 0.3 is 0 Å². The number of phenolic OH excluding ortho intramolecular Hbond substituents is 1. The highest BCUT2D eigenvalue weighted by Gasteiger charge is 2.21. The van der Waals surface area contributed by atoms with Crippen LogP contribution in [0.15, 0.2) is 66.9 Å².